The highest BCUT2D eigenvalue weighted by molar-refractivity contribution is 8.03. The molecule has 31 heavy (non-hydrogen) atoms. The number of carbonyl (C=O) groups excluding carboxylic acids is 1. The van der Waals surface area contributed by atoms with Crippen LogP contribution in [-0.2, 0) is 10.5 Å². The van der Waals surface area contributed by atoms with Crippen molar-refractivity contribution in [2.45, 2.75) is 65.9 Å². The van der Waals surface area contributed by atoms with E-state index in [1.807, 2.05) is 10.7 Å². The number of thioether (sulfide) groups is 2. The first-order valence-corrected chi connectivity index (χ1v) is 13.4. The Kier molecular flexibility index (Phi) is 7.68. The Morgan fingerprint density at radius 3 is 2.55 bits per heavy atom. The zero-order chi connectivity index (χ0) is 21.6. The fourth-order valence-electron chi connectivity index (χ4n) is 3.62. The minimum Gasteiger partial charge on any atom is -0.310 e. The second-order valence-electron chi connectivity index (χ2n) is 7.95. The highest BCUT2D eigenvalue weighted by Crippen LogP contribution is 2.32. The van der Waals surface area contributed by atoms with E-state index in [-0.39, 0.29) is 5.91 Å². The van der Waals surface area contributed by atoms with Gasteiger partial charge in [0, 0.05) is 11.8 Å². The van der Waals surface area contributed by atoms with Crippen LogP contribution in [0.3, 0.4) is 0 Å². The Bertz CT molecular complexity index is 993. The molecule has 9 heteroatoms. The van der Waals surface area contributed by atoms with Gasteiger partial charge in [0.05, 0.1) is 18.0 Å². The summed E-state index contributed by atoms with van der Waals surface area (Å²) in [5.41, 5.74) is 2.63. The first-order chi connectivity index (χ1) is 15.1. The second kappa shape index (κ2) is 10.7. The van der Waals surface area contributed by atoms with E-state index < -0.39 is 0 Å². The molecule has 4 rings (SSSR count). The number of hydrogen-bond acceptors (Lipinski definition) is 7. The van der Waals surface area contributed by atoms with Crippen molar-refractivity contribution in [1.29, 1.82) is 0 Å². The Hall–Kier alpha value is -1.84. The second-order valence-corrected chi connectivity index (χ2v) is 11.4. The Balaban J connectivity index is 1.24. The molecule has 0 unspecified atom stereocenters. The molecule has 1 aliphatic carbocycles. The molecule has 164 valence electrons. The molecule has 0 saturated heterocycles. The van der Waals surface area contributed by atoms with Crippen molar-refractivity contribution < 1.29 is 4.79 Å². The van der Waals surface area contributed by atoms with Gasteiger partial charge >= 0.3 is 0 Å². The lowest BCUT2D eigenvalue weighted by atomic mass is 10.0. The van der Waals surface area contributed by atoms with Crippen molar-refractivity contribution in [2.75, 3.05) is 11.1 Å². The highest BCUT2D eigenvalue weighted by Gasteiger charge is 2.20. The van der Waals surface area contributed by atoms with Crippen LogP contribution in [-0.4, -0.2) is 31.6 Å². The average Bonchev–Trinajstić information content (AvgIpc) is 3.52. The number of rotatable bonds is 9. The molecular formula is C22H27N5OS3. The first kappa shape index (κ1) is 22.4. The van der Waals surface area contributed by atoms with E-state index in [9.17, 15) is 4.79 Å². The van der Waals surface area contributed by atoms with Crippen molar-refractivity contribution in [2.24, 2.45) is 0 Å². The lowest BCUT2D eigenvalue weighted by molar-refractivity contribution is -0.113. The maximum Gasteiger partial charge on any atom is 0.235 e. The van der Waals surface area contributed by atoms with Gasteiger partial charge in [0.25, 0.3) is 0 Å². The molecule has 1 amide bonds. The largest absolute Gasteiger partial charge is 0.310 e. The molecule has 0 aliphatic heterocycles. The van der Waals surface area contributed by atoms with Gasteiger partial charge in [0.15, 0.2) is 8.68 Å². The van der Waals surface area contributed by atoms with Gasteiger partial charge in [-0.1, -0.05) is 85.8 Å². The van der Waals surface area contributed by atoms with E-state index in [4.69, 9.17) is 0 Å². The maximum absolute atomic E-state index is 12.4. The Morgan fingerprint density at radius 1 is 1.13 bits per heavy atom. The Morgan fingerprint density at radius 2 is 1.84 bits per heavy atom. The van der Waals surface area contributed by atoms with Crippen molar-refractivity contribution in [3.05, 3.63) is 47.7 Å². The number of nitrogens with one attached hydrogen (secondary N) is 1. The number of anilines is 1. The van der Waals surface area contributed by atoms with Crippen molar-refractivity contribution in [3.8, 4) is 0 Å². The standard InChI is InChI=1S/C22H27N5OS3/c1-15(2)17-9-7-16(8-10-17)13-29-21-25-26-22(31-21)30-14-20(28)24-19-11-12-23-27(19)18-5-3-4-6-18/h7-12,15,18H,3-6,13-14H2,1-2H3,(H,24,28). The summed E-state index contributed by atoms with van der Waals surface area (Å²) in [4.78, 5) is 12.4. The molecule has 0 radical (unpaired) electrons. The number of hydrogen-bond donors (Lipinski definition) is 1. The lowest BCUT2D eigenvalue weighted by Crippen LogP contribution is -2.19. The van der Waals surface area contributed by atoms with Gasteiger partial charge in [0.1, 0.15) is 5.82 Å². The molecule has 2 heterocycles. The topological polar surface area (TPSA) is 72.7 Å². The number of nitrogens with zero attached hydrogens (tertiary/aromatic N) is 4. The number of carbonyl (C=O) groups is 1. The molecule has 1 aromatic carbocycles. The third kappa shape index (κ3) is 6.11. The third-order valence-corrected chi connectivity index (χ3v) is 8.59. The summed E-state index contributed by atoms with van der Waals surface area (Å²) in [6.45, 7) is 4.41. The summed E-state index contributed by atoms with van der Waals surface area (Å²) in [6.07, 6.45) is 6.48. The molecule has 0 bridgehead atoms. The van der Waals surface area contributed by atoms with Crippen molar-refractivity contribution >= 4 is 46.6 Å². The van der Waals surface area contributed by atoms with Crippen molar-refractivity contribution in [1.82, 2.24) is 20.0 Å². The van der Waals surface area contributed by atoms with Gasteiger partial charge in [-0.05, 0) is 29.9 Å². The van der Waals surface area contributed by atoms with Crippen LogP contribution in [0.1, 0.15) is 62.6 Å². The van der Waals surface area contributed by atoms with Crippen molar-refractivity contribution in [3.63, 3.8) is 0 Å². The predicted octanol–water partition coefficient (Wildman–Crippen LogP) is 6.00. The molecule has 0 atom stereocenters. The van der Waals surface area contributed by atoms with Crippen LogP contribution in [0.25, 0.3) is 0 Å². The summed E-state index contributed by atoms with van der Waals surface area (Å²) in [6, 6.07) is 11.0. The molecule has 6 nitrogen and oxygen atoms in total. The maximum atomic E-state index is 12.4. The monoisotopic (exact) mass is 473 g/mol. The quantitative estimate of drug-likeness (QED) is 0.385. The van der Waals surface area contributed by atoms with Crippen LogP contribution in [0, 0.1) is 0 Å². The zero-order valence-corrected chi connectivity index (χ0v) is 20.2. The van der Waals surface area contributed by atoms with Crippen LogP contribution in [0.15, 0.2) is 45.2 Å². The summed E-state index contributed by atoms with van der Waals surface area (Å²) in [5, 5.41) is 15.9. The third-order valence-electron chi connectivity index (χ3n) is 5.33. The minimum absolute atomic E-state index is 0.0422. The fraction of sp³-hybridized carbons (Fsp3) is 0.455. The Labute approximate surface area is 195 Å². The SMILES string of the molecule is CC(C)c1ccc(CSc2nnc(SCC(=O)Nc3ccnn3C3CCCC3)s2)cc1. The lowest BCUT2D eigenvalue weighted by Gasteiger charge is -2.14. The molecule has 2 aromatic heterocycles. The van der Waals surface area contributed by atoms with E-state index >= 15 is 0 Å². The minimum atomic E-state index is -0.0422. The zero-order valence-electron chi connectivity index (χ0n) is 17.8. The van der Waals surface area contributed by atoms with Crippen LogP contribution >= 0.6 is 34.9 Å². The number of aromatic nitrogens is 4. The van der Waals surface area contributed by atoms with E-state index in [0.717, 1.165) is 33.1 Å². The normalized spacial score (nSPS) is 14.4. The molecule has 1 N–H and O–H groups in total. The summed E-state index contributed by atoms with van der Waals surface area (Å²) < 4.78 is 3.70. The summed E-state index contributed by atoms with van der Waals surface area (Å²) in [5.74, 6) is 2.47. The van der Waals surface area contributed by atoms with Crippen LogP contribution in [0.2, 0.25) is 0 Å². The molecule has 1 saturated carbocycles. The first-order valence-electron chi connectivity index (χ1n) is 10.6. The van der Waals surface area contributed by atoms with E-state index in [0.29, 0.717) is 17.7 Å². The smallest absolute Gasteiger partial charge is 0.235 e. The van der Waals surface area contributed by atoms with Gasteiger partial charge in [-0.15, -0.1) is 10.2 Å². The molecular weight excluding hydrogens is 446 g/mol. The van der Waals surface area contributed by atoms with Gasteiger partial charge in [0.2, 0.25) is 5.91 Å². The molecule has 3 aromatic rings. The molecule has 0 spiro atoms. The number of benzene rings is 1. The van der Waals surface area contributed by atoms with Crippen LogP contribution in [0.4, 0.5) is 5.82 Å². The highest BCUT2D eigenvalue weighted by atomic mass is 32.2. The molecule has 1 aliphatic rings. The van der Waals surface area contributed by atoms with E-state index in [1.165, 1.54) is 47.1 Å². The fourth-order valence-corrected chi connectivity index (χ4v) is 6.39. The van der Waals surface area contributed by atoms with Gasteiger partial charge < -0.3 is 5.32 Å². The van der Waals surface area contributed by atoms with E-state index in [1.54, 1.807) is 18.0 Å². The van der Waals surface area contributed by atoms with Gasteiger partial charge in [-0.2, -0.15) is 5.10 Å². The summed E-state index contributed by atoms with van der Waals surface area (Å²) >= 11 is 4.65. The van der Waals surface area contributed by atoms with Crippen LogP contribution in [0.5, 0.6) is 0 Å². The predicted molar refractivity (Wildman–Crippen MR) is 129 cm³/mol. The molecule has 1 fully saturated rings. The summed E-state index contributed by atoms with van der Waals surface area (Å²) in [7, 11) is 0. The number of amides is 1. The van der Waals surface area contributed by atoms with Crippen LogP contribution < -0.4 is 5.32 Å². The van der Waals surface area contributed by atoms with Gasteiger partial charge in [-0.25, -0.2) is 4.68 Å². The average molecular weight is 474 g/mol. The van der Waals surface area contributed by atoms with Gasteiger partial charge in [-0.3, -0.25) is 4.79 Å². The van der Waals surface area contributed by atoms with E-state index in [2.05, 4.69) is 58.7 Å².